The van der Waals surface area contributed by atoms with Crippen LogP contribution in [0.2, 0.25) is 0 Å². The number of hydrogen-bond acceptors (Lipinski definition) is 5. The number of carbonyl (C=O) groups excluding carboxylic acids is 1. The molecule has 0 radical (unpaired) electrons. The number of benzene rings is 3. The number of nitrogens with zero attached hydrogens (tertiary/aromatic N) is 3. The molecule has 5 rings (SSSR count). The van der Waals surface area contributed by atoms with Crippen LogP contribution in [0.3, 0.4) is 0 Å². The number of nitrogens with one attached hydrogen (secondary N) is 2. The fourth-order valence-electron chi connectivity index (χ4n) is 4.19. The maximum atomic E-state index is 12.4. The zero-order chi connectivity index (χ0) is 22.8. The van der Waals surface area contributed by atoms with E-state index in [-0.39, 0.29) is 11.4 Å². The fourth-order valence-corrected chi connectivity index (χ4v) is 4.19. The summed E-state index contributed by atoms with van der Waals surface area (Å²) in [5.74, 6) is -0.435. The number of allylic oxidation sites excluding steroid dienone is 1. The molecule has 162 valence electrons. The lowest BCUT2D eigenvalue weighted by Crippen LogP contribution is -2.17. The predicted octanol–water partition coefficient (Wildman–Crippen LogP) is 4.67. The van der Waals surface area contributed by atoms with Gasteiger partial charge in [-0.1, -0.05) is 42.5 Å². The zero-order valence-electron chi connectivity index (χ0n) is 17.5. The third-order valence-electron chi connectivity index (χ3n) is 5.71. The molecular formula is C25H19N5O3. The summed E-state index contributed by atoms with van der Waals surface area (Å²) >= 11 is 0. The molecule has 1 amide bonds. The summed E-state index contributed by atoms with van der Waals surface area (Å²) in [5.41, 5.74) is 7.52. The molecule has 1 aromatic heterocycles. The van der Waals surface area contributed by atoms with Gasteiger partial charge in [-0.3, -0.25) is 20.0 Å². The van der Waals surface area contributed by atoms with E-state index in [1.54, 1.807) is 30.3 Å². The van der Waals surface area contributed by atoms with Crippen molar-refractivity contribution in [1.29, 1.82) is 0 Å². The minimum atomic E-state index is -0.448. The Kier molecular flexibility index (Phi) is 5.24. The predicted molar refractivity (Wildman–Crippen MR) is 127 cm³/mol. The van der Waals surface area contributed by atoms with Crippen LogP contribution in [0, 0.1) is 10.1 Å². The maximum absolute atomic E-state index is 12.4. The Hall–Kier alpha value is -4.59. The summed E-state index contributed by atoms with van der Waals surface area (Å²) in [5, 5.41) is 24.4. The highest BCUT2D eigenvalue weighted by atomic mass is 16.6. The van der Waals surface area contributed by atoms with Crippen molar-refractivity contribution in [3.63, 3.8) is 0 Å². The van der Waals surface area contributed by atoms with Crippen molar-refractivity contribution in [2.75, 3.05) is 0 Å². The van der Waals surface area contributed by atoms with Crippen LogP contribution in [0.15, 0.2) is 71.8 Å². The van der Waals surface area contributed by atoms with E-state index < -0.39 is 10.8 Å². The van der Waals surface area contributed by atoms with Crippen LogP contribution in [0.25, 0.3) is 28.1 Å². The van der Waals surface area contributed by atoms with Gasteiger partial charge in [0.05, 0.1) is 16.2 Å². The third kappa shape index (κ3) is 3.89. The highest BCUT2D eigenvalue weighted by Crippen LogP contribution is 2.36. The van der Waals surface area contributed by atoms with Crippen molar-refractivity contribution < 1.29 is 9.72 Å². The number of nitro groups is 1. The van der Waals surface area contributed by atoms with Crippen LogP contribution >= 0.6 is 0 Å². The molecule has 0 bridgehead atoms. The summed E-state index contributed by atoms with van der Waals surface area (Å²) in [6.45, 7) is 0. The summed E-state index contributed by atoms with van der Waals surface area (Å²) < 4.78 is 0. The Morgan fingerprint density at radius 3 is 2.76 bits per heavy atom. The van der Waals surface area contributed by atoms with Crippen molar-refractivity contribution >= 4 is 34.7 Å². The minimum absolute atomic E-state index is 0.000725. The molecule has 33 heavy (non-hydrogen) atoms. The number of hydrazone groups is 1. The van der Waals surface area contributed by atoms with Gasteiger partial charge in [-0.05, 0) is 59.0 Å². The number of nitro benzene ring substituents is 1. The molecule has 3 aromatic carbocycles. The Balaban J connectivity index is 1.29. The van der Waals surface area contributed by atoms with Gasteiger partial charge < -0.3 is 0 Å². The quantitative estimate of drug-likeness (QED) is 0.259. The first-order valence-electron chi connectivity index (χ1n) is 10.4. The number of aromatic nitrogens is 2. The second-order valence-corrected chi connectivity index (χ2v) is 7.67. The maximum Gasteiger partial charge on any atom is 0.289 e. The number of amides is 1. The van der Waals surface area contributed by atoms with Gasteiger partial charge in [-0.25, -0.2) is 5.43 Å². The fraction of sp³-hybridized carbons (Fsp3) is 0.0800. The van der Waals surface area contributed by atoms with Crippen LogP contribution in [-0.4, -0.2) is 27.2 Å². The van der Waals surface area contributed by atoms with Gasteiger partial charge in [0.25, 0.3) is 11.6 Å². The van der Waals surface area contributed by atoms with Crippen LogP contribution in [0.1, 0.15) is 27.2 Å². The molecule has 2 N–H and O–H groups in total. The molecule has 0 unspecified atom stereocenters. The molecular weight excluding hydrogens is 418 g/mol. The van der Waals surface area contributed by atoms with Crippen molar-refractivity contribution in [1.82, 2.24) is 15.6 Å². The standard InChI is InChI=1S/C25H19N5O3/c31-25(29-26-14-4-7-16-5-1-2-9-23(16)30(32)33)22-15-21(27-28-22)19-13-12-18-11-10-17-6-3-8-20(19)24(17)18/h1-9,12-15H,10-11H2,(H,27,28)(H,29,31)/b7-4-,26-14-. The van der Waals surface area contributed by atoms with E-state index in [1.165, 1.54) is 34.9 Å². The smallest absolute Gasteiger partial charge is 0.272 e. The number of para-hydroxylation sites is 1. The van der Waals surface area contributed by atoms with Gasteiger partial charge in [0.2, 0.25) is 0 Å². The Bertz CT molecular complexity index is 1440. The molecule has 0 fully saturated rings. The first-order chi connectivity index (χ1) is 16.1. The van der Waals surface area contributed by atoms with Crippen molar-refractivity contribution in [3.05, 3.63) is 99.2 Å². The number of aryl methyl sites for hydroxylation is 2. The SMILES string of the molecule is O=C(N/N=C\C=C/c1ccccc1[N+](=O)[O-])c1cc(-c2ccc3c4c(cccc24)CC3)n[nH]1. The van der Waals surface area contributed by atoms with E-state index in [0.717, 1.165) is 23.8 Å². The van der Waals surface area contributed by atoms with Crippen LogP contribution in [0.4, 0.5) is 5.69 Å². The summed E-state index contributed by atoms with van der Waals surface area (Å²) in [7, 11) is 0. The first kappa shape index (κ1) is 20.3. The monoisotopic (exact) mass is 437 g/mol. The summed E-state index contributed by atoms with van der Waals surface area (Å²) in [6, 6.07) is 18.6. The van der Waals surface area contributed by atoms with Crippen LogP contribution < -0.4 is 5.43 Å². The van der Waals surface area contributed by atoms with Gasteiger partial charge >= 0.3 is 0 Å². The average molecular weight is 437 g/mol. The van der Waals surface area contributed by atoms with E-state index in [1.807, 2.05) is 0 Å². The number of rotatable bonds is 6. The van der Waals surface area contributed by atoms with E-state index in [9.17, 15) is 14.9 Å². The van der Waals surface area contributed by atoms with Crippen LogP contribution in [0.5, 0.6) is 0 Å². The lowest BCUT2D eigenvalue weighted by Gasteiger charge is -2.06. The molecule has 4 aromatic rings. The van der Waals surface area contributed by atoms with Gasteiger partial charge in [-0.2, -0.15) is 10.2 Å². The van der Waals surface area contributed by atoms with E-state index in [2.05, 4.69) is 51.1 Å². The molecule has 0 aliphatic heterocycles. The molecule has 8 nitrogen and oxygen atoms in total. The second-order valence-electron chi connectivity index (χ2n) is 7.67. The average Bonchev–Trinajstić information content (AvgIpc) is 3.48. The van der Waals surface area contributed by atoms with Crippen molar-refractivity contribution in [2.45, 2.75) is 12.8 Å². The van der Waals surface area contributed by atoms with Crippen molar-refractivity contribution in [2.24, 2.45) is 5.10 Å². The van der Waals surface area contributed by atoms with E-state index in [0.29, 0.717) is 11.3 Å². The van der Waals surface area contributed by atoms with Gasteiger partial charge in [0.15, 0.2) is 0 Å². The number of carbonyl (C=O) groups is 1. The number of hydrogen-bond donors (Lipinski definition) is 2. The topological polar surface area (TPSA) is 113 Å². The Morgan fingerprint density at radius 1 is 1.09 bits per heavy atom. The molecule has 0 saturated heterocycles. The van der Waals surface area contributed by atoms with E-state index in [4.69, 9.17) is 0 Å². The largest absolute Gasteiger partial charge is 0.289 e. The molecule has 1 heterocycles. The van der Waals surface area contributed by atoms with E-state index >= 15 is 0 Å². The number of H-pyrrole nitrogens is 1. The Morgan fingerprint density at radius 2 is 1.91 bits per heavy atom. The number of aromatic amines is 1. The highest BCUT2D eigenvalue weighted by Gasteiger charge is 2.18. The van der Waals surface area contributed by atoms with Gasteiger partial charge in [-0.15, -0.1) is 0 Å². The molecule has 1 aliphatic carbocycles. The minimum Gasteiger partial charge on any atom is -0.272 e. The lowest BCUT2D eigenvalue weighted by atomic mass is 9.98. The molecule has 8 heteroatoms. The highest BCUT2D eigenvalue weighted by molar-refractivity contribution is 6.02. The molecule has 0 saturated carbocycles. The first-order valence-corrected chi connectivity index (χ1v) is 10.4. The molecule has 0 spiro atoms. The lowest BCUT2D eigenvalue weighted by molar-refractivity contribution is -0.385. The zero-order valence-corrected chi connectivity index (χ0v) is 17.5. The van der Waals surface area contributed by atoms with Crippen molar-refractivity contribution in [3.8, 4) is 11.3 Å². The second kappa shape index (κ2) is 8.51. The molecule has 0 atom stereocenters. The van der Waals surface area contributed by atoms with Gasteiger partial charge in [0.1, 0.15) is 5.69 Å². The normalized spacial score (nSPS) is 12.7. The van der Waals surface area contributed by atoms with Gasteiger partial charge in [0, 0.05) is 17.8 Å². The summed E-state index contributed by atoms with van der Waals surface area (Å²) in [6.07, 6.45) is 6.53. The molecule has 1 aliphatic rings. The summed E-state index contributed by atoms with van der Waals surface area (Å²) in [4.78, 5) is 23.0. The Labute approximate surface area is 188 Å². The third-order valence-corrected chi connectivity index (χ3v) is 5.71. The van der Waals surface area contributed by atoms with Crippen LogP contribution in [-0.2, 0) is 12.8 Å².